The Morgan fingerprint density at radius 2 is 2.00 bits per heavy atom. The van der Waals surface area contributed by atoms with Gasteiger partial charge in [-0.15, -0.1) is 0 Å². The van der Waals surface area contributed by atoms with Gasteiger partial charge in [0.15, 0.2) is 0 Å². The second kappa shape index (κ2) is 5.93. The summed E-state index contributed by atoms with van der Waals surface area (Å²) in [6.45, 7) is -8.53. The van der Waals surface area contributed by atoms with Crippen molar-refractivity contribution in [3.05, 3.63) is 29.8 Å². The van der Waals surface area contributed by atoms with Crippen LogP contribution in [0.1, 0.15) is 68.0 Å². The molecular formula is C16H25NO2. The normalized spacial score (nSPS) is 48.9. The Morgan fingerprint density at radius 3 is 2.58 bits per heavy atom. The van der Waals surface area contributed by atoms with E-state index < -0.39 is 87.3 Å². The van der Waals surface area contributed by atoms with Crippen molar-refractivity contribution in [2.45, 2.75) is 43.4 Å². The molecule has 0 aromatic heterocycles. The average molecular weight is 281 g/mol. The smallest absolute Gasteiger partial charge is 0.115 e. The number of aromatic hydroxyl groups is 1. The number of benzene rings is 1. The first-order valence-electron chi connectivity index (χ1n) is 14.4. The van der Waals surface area contributed by atoms with E-state index in [1.54, 1.807) is 0 Å². The predicted molar refractivity (Wildman–Crippen MR) is 77.4 cm³/mol. The van der Waals surface area contributed by atoms with Crippen LogP contribution in [0.15, 0.2) is 24.2 Å². The molecule has 1 aliphatic rings. The minimum Gasteiger partial charge on any atom is -0.508 e. The van der Waals surface area contributed by atoms with E-state index in [-0.39, 0.29) is 4.90 Å². The third-order valence-corrected chi connectivity index (χ3v) is 2.65. The minimum absolute atomic E-state index is 0.233. The Morgan fingerprint density at radius 1 is 1.37 bits per heavy atom. The summed E-state index contributed by atoms with van der Waals surface area (Å²) in [6.07, 6.45) is -20.1. The maximum absolute atomic E-state index is 11.8. The quantitative estimate of drug-likeness (QED) is 0.892. The third-order valence-electron chi connectivity index (χ3n) is 2.65. The molecule has 2 N–H and O–H groups in total. The molecule has 106 valence electrons. The fourth-order valence-corrected chi connectivity index (χ4v) is 1.74. The Balaban J connectivity index is 3.08. The SMILES string of the molecule is [2H]c1cc(C(CN(C([2H])([2H])[2H])C([2H])([2H])[2H])C2(O)C([2H])([2H])C([2H])([2H])C([2H])([2H])C([2H])([2H])C2([2H])[2H])cc([2H])c1O. The van der Waals surface area contributed by atoms with Crippen LogP contribution in [0.3, 0.4) is 0 Å². The zero-order chi connectivity index (χ0) is 29.6. The van der Waals surface area contributed by atoms with Crippen LogP contribution < -0.4 is 0 Å². The summed E-state index contributed by atoms with van der Waals surface area (Å²) in [5, 5.41) is 21.6. The summed E-state index contributed by atoms with van der Waals surface area (Å²) in [4.78, 5) is -0.233. The molecule has 1 aromatic rings. The van der Waals surface area contributed by atoms with Gasteiger partial charge in [-0.2, -0.15) is 0 Å². The highest BCUT2D eigenvalue weighted by atomic mass is 16.3. The molecular weight excluding hydrogens is 238 g/mol. The second-order valence-corrected chi connectivity index (χ2v) is 3.98. The Hall–Kier alpha value is -1.06. The summed E-state index contributed by atoms with van der Waals surface area (Å²) in [7, 11) is 0. The van der Waals surface area contributed by atoms with E-state index in [9.17, 15) is 10.2 Å². The standard InChI is InChI=1S/C16H25NO2/c1-17(2)12-15(13-6-8-14(18)9-7-13)16(19)10-4-3-5-11-16/h6-9,15,18-19H,3-5,10-12H2,1-2H3/i1D3,2D3,3D2,4D2,5D2,8D,9D,10D2,11D2. The molecule has 1 fully saturated rings. The molecule has 1 unspecified atom stereocenters. The average Bonchev–Trinajstić information content (AvgIpc) is 2.68. The maximum Gasteiger partial charge on any atom is 0.115 e. The highest BCUT2D eigenvalue weighted by Gasteiger charge is 2.38. The number of rotatable bonds is 4. The highest BCUT2D eigenvalue weighted by Crippen LogP contribution is 2.40. The lowest BCUT2D eigenvalue weighted by molar-refractivity contribution is -0.0277. The van der Waals surface area contributed by atoms with Crippen LogP contribution in [0.4, 0.5) is 0 Å². The van der Waals surface area contributed by atoms with Crippen LogP contribution in [0.5, 0.6) is 5.75 Å². The van der Waals surface area contributed by atoms with Gasteiger partial charge in [0, 0.05) is 34.4 Å². The second-order valence-electron chi connectivity index (χ2n) is 3.98. The summed E-state index contributed by atoms with van der Waals surface area (Å²) in [5.41, 5.74) is -4.75. The van der Waals surface area contributed by atoms with Crippen LogP contribution in [-0.4, -0.2) is 41.2 Å². The highest BCUT2D eigenvalue weighted by molar-refractivity contribution is 5.30. The van der Waals surface area contributed by atoms with Gasteiger partial charge in [-0.1, -0.05) is 31.3 Å². The van der Waals surface area contributed by atoms with Gasteiger partial charge < -0.3 is 15.1 Å². The zero-order valence-corrected chi connectivity index (χ0v) is 9.78. The van der Waals surface area contributed by atoms with E-state index in [2.05, 4.69) is 0 Å². The molecule has 1 aromatic carbocycles. The lowest BCUT2D eigenvalue weighted by atomic mass is 9.72. The molecule has 0 bridgehead atoms. The zero-order valence-electron chi connectivity index (χ0n) is 27.8. The lowest BCUT2D eigenvalue weighted by Crippen LogP contribution is -2.42. The van der Waals surface area contributed by atoms with Crippen LogP contribution in [-0.2, 0) is 0 Å². The number of aliphatic hydroxyl groups is 1. The van der Waals surface area contributed by atoms with E-state index in [4.69, 9.17) is 24.7 Å². The molecule has 0 saturated heterocycles. The number of phenolic OH excluding ortho intramolecular Hbond substituents is 1. The largest absolute Gasteiger partial charge is 0.508 e. The van der Waals surface area contributed by atoms with E-state index in [0.717, 1.165) is 0 Å². The minimum atomic E-state index is -4.08. The number of hydrogen-bond donors (Lipinski definition) is 2. The van der Waals surface area contributed by atoms with E-state index in [0.29, 0.717) is 12.1 Å². The summed E-state index contributed by atoms with van der Waals surface area (Å²) in [5.74, 6) is -3.47. The van der Waals surface area contributed by atoms with Gasteiger partial charge in [-0.3, -0.25) is 0 Å². The molecule has 2 rings (SSSR count). The molecule has 0 aliphatic heterocycles. The van der Waals surface area contributed by atoms with Crippen molar-refractivity contribution >= 4 is 0 Å². The Bertz CT molecular complexity index is 978. The molecule has 0 heterocycles. The number of phenols is 1. The van der Waals surface area contributed by atoms with Gasteiger partial charge in [0.1, 0.15) is 5.75 Å². The maximum atomic E-state index is 11.8. The van der Waals surface area contributed by atoms with Crippen molar-refractivity contribution in [3.63, 3.8) is 0 Å². The van der Waals surface area contributed by atoms with Crippen molar-refractivity contribution in [2.24, 2.45) is 0 Å². The fourth-order valence-electron chi connectivity index (χ4n) is 1.74. The molecule has 0 amide bonds. The molecule has 0 radical (unpaired) electrons. The van der Waals surface area contributed by atoms with Gasteiger partial charge in [0.05, 0.1) is 8.34 Å². The van der Waals surface area contributed by atoms with Crippen molar-refractivity contribution < 1.29 is 34.9 Å². The summed E-state index contributed by atoms with van der Waals surface area (Å²) in [6, 6.07) is -0.450. The van der Waals surface area contributed by atoms with Crippen LogP contribution in [0.25, 0.3) is 0 Å². The third kappa shape index (κ3) is 3.48. The monoisotopic (exact) mass is 281 g/mol. The van der Waals surface area contributed by atoms with Crippen molar-refractivity contribution in [3.8, 4) is 5.75 Å². The topological polar surface area (TPSA) is 43.7 Å². The molecule has 3 heteroatoms. The van der Waals surface area contributed by atoms with Gasteiger partial charge >= 0.3 is 0 Å². The number of hydrogen-bond acceptors (Lipinski definition) is 3. The molecule has 19 heavy (non-hydrogen) atoms. The van der Waals surface area contributed by atoms with Gasteiger partial charge in [0.2, 0.25) is 0 Å². The predicted octanol–water partition coefficient (Wildman–Crippen LogP) is 2.73. The van der Waals surface area contributed by atoms with Gasteiger partial charge in [0.25, 0.3) is 0 Å². The van der Waals surface area contributed by atoms with Crippen molar-refractivity contribution in [1.29, 1.82) is 0 Å². The van der Waals surface area contributed by atoms with Crippen molar-refractivity contribution in [1.82, 2.24) is 4.90 Å². The van der Waals surface area contributed by atoms with E-state index in [1.807, 2.05) is 0 Å². The number of likely N-dealkylation sites (N-methyl/N-ethyl adjacent to an activating group) is 1. The van der Waals surface area contributed by atoms with Crippen LogP contribution in [0, 0.1) is 0 Å². The first-order valence-corrected chi connectivity index (χ1v) is 5.35. The fraction of sp³-hybridized carbons (Fsp3) is 0.625. The van der Waals surface area contributed by atoms with Crippen LogP contribution >= 0.6 is 0 Å². The van der Waals surface area contributed by atoms with Gasteiger partial charge in [-0.05, 0) is 44.3 Å². The molecule has 1 atom stereocenters. The van der Waals surface area contributed by atoms with Crippen molar-refractivity contribution in [2.75, 3.05) is 20.5 Å². The summed E-state index contributed by atoms with van der Waals surface area (Å²) < 4.78 is 143. The molecule has 1 aliphatic carbocycles. The van der Waals surface area contributed by atoms with Gasteiger partial charge in [-0.25, -0.2) is 0 Å². The molecule has 1 saturated carbocycles. The lowest BCUT2D eigenvalue weighted by Gasteiger charge is -2.40. The van der Waals surface area contributed by atoms with Crippen LogP contribution in [0.2, 0.25) is 0 Å². The summed E-state index contributed by atoms with van der Waals surface area (Å²) >= 11 is 0. The van der Waals surface area contributed by atoms with E-state index in [1.165, 1.54) is 0 Å². The first-order chi connectivity index (χ1) is 16.0. The molecule has 0 spiro atoms. The number of nitrogens with zero attached hydrogens (tertiary/aromatic N) is 1. The molecule has 3 nitrogen and oxygen atoms in total. The Kier molecular flexibility index (Phi) is 1.18. The Labute approximate surface area is 141 Å². The van der Waals surface area contributed by atoms with E-state index >= 15 is 0 Å². The first kappa shape index (κ1) is 3.77.